The number of amides is 1. The summed E-state index contributed by atoms with van der Waals surface area (Å²) in [7, 11) is -3.63. The molecule has 2 aromatic carbocycles. The number of aryl methyl sites for hydroxylation is 1. The van der Waals surface area contributed by atoms with Crippen LogP contribution in [0.25, 0.3) is 22.0 Å². The average molecular weight is 454 g/mol. The van der Waals surface area contributed by atoms with E-state index in [0.29, 0.717) is 23.2 Å². The van der Waals surface area contributed by atoms with Gasteiger partial charge in [-0.05, 0) is 73.9 Å². The van der Waals surface area contributed by atoms with E-state index in [1.807, 2.05) is 26.0 Å². The Bertz CT molecular complexity index is 1330. The highest BCUT2D eigenvalue weighted by Gasteiger charge is 2.33. The number of carbonyl (C=O) groups is 1. The van der Waals surface area contributed by atoms with Crippen molar-refractivity contribution >= 4 is 32.5 Å². The zero-order valence-electron chi connectivity index (χ0n) is 18.1. The van der Waals surface area contributed by atoms with Gasteiger partial charge in [-0.3, -0.25) is 9.52 Å². The lowest BCUT2D eigenvalue weighted by atomic mass is 9.77. The molecule has 0 fully saturated rings. The van der Waals surface area contributed by atoms with E-state index in [0.717, 1.165) is 46.0 Å². The fourth-order valence-corrected chi connectivity index (χ4v) is 5.08. The van der Waals surface area contributed by atoms with Crippen LogP contribution < -0.4 is 10.5 Å². The predicted molar refractivity (Wildman–Crippen MR) is 127 cm³/mol. The molecule has 1 amide bonds. The van der Waals surface area contributed by atoms with Crippen LogP contribution in [0.1, 0.15) is 41.9 Å². The zero-order valence-corrected chi connectivity index (χ0v) is 18.9. The summed E-state index contributed by atoms with van der Waals surface area (Å²) >= 11 is 0. The smallest absolute Gasteiger partial charge is 0.254 e. The van der Waals surface area contributed by atoms with Crippen LogP contribution in [0.15, 0.2) is 48.4 Å². The number of rotatable bonds is 6. The number of primary amides is 1. The van der Waals surface area contributed by atoms with Gasteiger partial charge in [0.05, 0.1) is 16.7 Å². The van der Waals surface area contributed by atoms with Gasteiger partial charge in [-0.15, -0.1) is 0 Å². The Morgan fingerprint density at radius 2 is 2.06 bits per heavy atom. The van der Waals surface area contributed by atoms with Crippen LogP contribution in [0.2, 0.25) is 0 Å². The van der Waals surface area contributed by atoms with Crippen molar-refractivity contribution in [2.24, 2.45) is 11.7 Å². The van der Waals surface area contributed by atoms with E-state index >= 15 is 0 Å². The number of aromatic nitrogens is 1. The Labute approximate surface area is 187 Å². The largest absolute Gasteiger partial charge is 0.390 e. The number of benzene rings is 2. The topological polar surface area (TPSA) is 125 Å². The first-order valence-corrected chi connectivity index (χ1v) is 12.0. The third-order valence-electron chi connectivity index (χ3n) is 6.26. The average Bonchev–Trinajstić information content (AvgIpc) is 3.11. The molecule has 0 bridgehead atoms. The number of H-pyrrole nitrogens is 1. The first-order chi connectivity index (χ1) is 15.0. The number of anilines is 1. The molecule has 7 nitrogen and oxygen atoms in total. The van der Waals surface area contributed by atoms with Crippen LogP contribution >= 0.6 is 0 Å². The summed E-state index contributed by atoms with van der Waals surface area (Å²) in [5, 5.41) is 12.3. The van der Waals surface area contributed by atoms with Gasteiger partial charge in [0.2, 0.25) is 0 Å². The van der Waals surface area contributed by atoms with Crippen LogP contribution in [0.3, 0.4) is 0 Å². The molecule has 0 radical (unpaired) electrons. The minimum Gasteiger partial charge on any atom is -0.390 e. The van der Waals surface area contributed by atoms with Crippen molar-refractivity contribution in [3.05, 3.63) is 65.2 Å². The Hall–Kier alpha value is -3.10. The van der Waals surface area contributed by atoms with Crippen molar-refractivity contribution in [2.45, 2.75) is 38.7 Å². The quantitative estimate of drug-likeness (QED) is 0.454. The number of hydrogen-bond acceptors (Lipinski definition) is 4. The third kappa shape index (κ3) is 4.03. The van der Waals surface area contributed by atoms with Crippen molar-refractivity contribution in [3.63, 3.8) is 0 Å². The lowest BCUT2D eigenvalue weighted by molar-refractivity contribution is 0.0107. The Morgan fingerprint density at radius 3 is 2.72 bits per heavy atom. The van der Waals surface area contributed by atoms with Crippen LogP contribution in [-0.2, 0) is 22.9 Å². The first kappa shape index (κ1) is 22.1. The second kappa shape index (κ2) is 7.79. The Morgan fingerprint density at radius 1 is 1.31 bits per heavy atom. The normalized spacial score (nSPS) is 16.5. The van der Waals surface area contributed by atoms with Crippen molar-refractivity contribution in [3.8, 4) is 11.1 Å². The molecule has 1 atom stereocenters. The van der Waals surface area contributed by atoms with Gasteiger partial charge >= 0.3 is 0 Å². The van der Waals surface area contributed by atoms with E-state index in [2.05, 4.69) is 16.3 Å². The number of aromatic amines is 1. The highest BCUT2D eigenvalue weighted by molar-refractivity contribution is 7.95. The van der Waals surface area contributed by atoms with Gasteiger partial charge in [0.15, 0.2) is 0 Å². The van der Waals surface area contributed by atoms with Crippen molar-refractivity contribution in [2.75, 3.05) is 4.72 Å². The maximum absolute atomic E-state index is 12.1. The zero-order chi connectivity index (χ0) is 23.3. The summed E-state index contributed by atoms with van der Waals surface area (Å²) in [5.74, 6) is -0.424. The van der Waals surface area contributed by atoms with E-state index in [1.54, 1.807) is 24.3 Å². The fourth-order valence-electron chi connectivity index (χ4n) is 4.55. The third-order valence-corrected chi connectivity index (χ3v) is 7.22. The molecule has 0 spiro atoms. The monoisotopic (exact) mass is 453 g/mol. The van der Waals surface area contributed by atoms with Gasteiger partial charge in [0.1, 0.15) is 0 Å². The van der Waals surface area contributed by atoms with Crippen molar-refractivity contribution in [1.82, 2.24) is 4.98 Å². The summed E-state index contributed by atoms with van der Waals surface area (Å²) in [6.07, 6.45) is 2.25. The molecule has 8 heteroatoms. The molecule has 1 heterocycles. The van der Waals surface area contributed by atoms with Crippen molar-refractivity contribution in [1.29, 1.82) is 0 Å². The van der Waals surface area contributed by atoms with Crippen LogP contribution in [0, 0.1) is 5.92 Å². The van der Waals surface area contributed by atoms with Crippen LogP contribution in [0.4, 0.5) is 5.69 Å². The number of nitrogens with one attached hydrogen (secondary N) is 2. The van der Waals surface area contributed by atoms with Gasteiger partial charge in [0, 0.05) is 22.2 Å². The minimum atomic E-state index is -3.63. The van der Waals surface area contributed by atoms with Crippen LogP contribution in [-0.4, -0.2) is 30.0 Å². The van der Waals surface area contributed by atoms with E-state index in [9.17, 15) is 18.3 Å². The second-order valence-corrected chi connectivity index (χ2v) is 10.5. The molecular weight excluding hydrogens is 426 g/mol. The Balaban J connectivity index is 1.89. The molecule has 1 aliphatic rings. The van der Waals surface area contributed by atoms with E-state index in [-0.39, 0.29) is 5.92 Å². The second-order valence-electron chi connectivity index (χ2n) is 8.84. The molecule has 0 saturated carbocycles. The fraction of sp³-hybridized carbons (Fsp3) is 0.292. The number of hydrogen-bond donors (Lipinski definition) is 4. The van der Waals surface area contributed by atoms with Gasteiger partial charge in [-0.1, -0.05) is 24.8 Å². The maximum atomic E-state index is 12.1. The molecule has 3 aromatic rings. The lowest BCUT2D eigenvalue weighted by Gasteiger charge is -2.32. The number of sulfonamides is 1. The SMILES string of the molecule is C=CS(=O)(=O)Nc1cccc(-c2ccc(C(N)=O)c3[nH]c4c(c23)CC[C@H](C(C)(C)O)C4)c1. The summed E-state index contributed by atoms with van der Waals surface area (Å²) in [5.41, 5.74) is 10.1. The summed E-state index contributed by atoms with van der Waals surface area (Å²) in [6, 6.07) is 10.6. The van der Waals surface area contributed by atoms with Gasteiger partial charge in [-0.25, -0.2) is 8.42 Å². The number of aliphatic hydroxyl groups is 1. The maximum Gasteiger partial charge on any atom is 0.254 e. The standard InChI is InChI=1S/C24H27N3O4S/c1-4-32(30,31)27-16-7-5-6-14(12-16)17-10-11-19(23(25)28)22-21(17)18-9-8-15(24(2,3)29)13-20(18)26-22/h4-7,10-12,15,26-27,29H,1,8-9,13H2,2-3H3,(H2,25,28)/t15-/m0/s1. The van der Waals surface area contributed by atoms with Gasteiger partial charge in [0.25, 0.3) is 15.9 Å². The van der Waals surface area contributed by atoms with E-state index in [1.165, 1.54) is 0 Å². The van der Waals surface area contributed by atoms with Crippen molar-refractivity contribution < 1.29 is 18.3 Å². The molecule has 0 aliphatic heterocycles. The number of carbonyl (C=O) groups excluding carboxylic acids is 1. The summed E-state index contributed by atoms with van der Waals surface area (Å²) in [4.78, 5) is 15.5. The van der Waals surface area contributed by atoms with E-state index in [4.69, 9.17) is 5.73 Å². The molecule has 0 saturated heterocycles. The molecule has 1 aromatic heterocycles. The molecule has 32 heavy (non-hydrogen) atoms. The number of fused-ring (bicyclic) bond motifs is 3. The van der Waals surface area contributed by atoms with Gasteiger partial charge in [-0.2, -0.15) is 0 Å². The predicted octanol–water partition coefficient (Wildman–Crippen LogP) is 3.69. The van der Waals surface area contributed by atoms with Gasteiger partial charge < -0.3 is 15.8 Å². The molecular formula is C24H27N3O4S. The Kier molecular flexibility index (Phi) is 5.38. The molecule has 0 unspecified atom stereocenters. The van der Waals surface area contributed by atoms with E-state index < -0.39 is 21.5 Å². The number of nitrogens with two attached hydrogens (primary N) is 1. The molecule has 168 valence electrons. The summed E-state index contributed by atoms with van der Waals surface area (Å²) < 4.78 is 26.3. The summed E-state index contributed by atoms with van der Waals surface area (Å²) in [6.45, 7) is 6.97. The highest BCUT2D eigenvalue weighted by atomic mass is 32.2. The lowest BCUT2D eigenvalue weighted by Crippen LogP contribution is -2.34. The molecule has 1 aliphatic carbocycles. The minimum absolute atomic E-state index is 0.0974. The van der Waals surface area contributed by atoms with Crippen LogP contribution in [0.5, 0.6) is 0 Å². The highest BCUT2D eigenvalue weighted by Crippen LogP contribution is 2.41. The molecule has 5 N–H and O–H groups in total. The molecule has 4 rings (SSSR count). The first-order valence-electron chi connectivity index (χ1n) is 10.4.